The van der Waals surface area contributed by atoms with Gasteiger partial charge in [0.2, 0.25) is 0 Å². The molecule has 2 saturated heterocycles. The molecule has 2 atom stereocenters. The summed E-state index contributed by atoms with van der Waals surface area (Å²) in [4.78, 5) is 2.33. The second kappa shape index (κ2) is 5.80. The number of nitrogens with zero attached hydrogens (tertiary/aromatic N) is 1. The number of hydrogen-bond donors (Lipinski definition) is 1. The fourth-order valence-electron chi connectivity index (χ4n) is 2.30. The highest BCUT2D eigenvalue weighted by Crippen LogP contribution is 2.13. The zero-order valence-electron chi connectivity index (χ0n) is 9.58. The molecule has 4 nitrogen and oxygen atoms in total. The van der Waals surface area contributed by atoms with Crippen molar-refractivity contribution >= 4 is 0 Å². The largest absolute Gasteiger partial charge is 0.377 e. The van der Waals surface area contributed by atoms with E-state index in [0.29, 0.717) is 12.2 Å². The van der Waals surface area contributed by atoms with Crippen molar-refractivity contribution < 1.29 is 9.47 Å². The lowest BCUT2D eigenvalue weighted by Gasteiger charge is -2.29. The molecule has 0 radical (unpaired) electrons. The van der Waals surface area contributed by atoms with E-state index >= 15 is 0 Å². The van der Waals surface area contributed by atoms with E-state index in [-0.39, 0.29) is 0 Å². The second-order valence-electron chi connectivity index (χ2n) is 4.55. The van der Waals surface area contributed by atoms with Gasteiger partial charge in [-0.2, -0.15) is 0 Å². The van der Waals surface area contributed by atoms with Crippen molar-refractivity contribution in [2.45, 2.75) is 25.0 Å². The topological polar surface area (TPSA) is 33.7 Å². The molecule has 0 aliphatic carbocycles. The van der Waals surface area contributed by atoms with Crippen LogP contribution >= 0.6 is 0 Å². The quantitative estimate of drug-likeness (QED) is 0.719. The number of hydrogen-bond acceptors (Lipinski definition) is 4. The summed E-state index contributed by atoms with van der Waals surface area (Å²) < 4.78 is 11.3. The summed E-state index contributed by atoms with van der Waals surface area (Å²) in [5.74, 6) is 0. The lowest BCUT2D eigenvalue weighted by Crippen LogP contribution is -2.45. The van der Waals surface area contributed by atoms with Gasteiger partial charge >= 0.3 is 0 Å². The van der Waals surface area contributed by atoms with Crippen LogP contribution in [-0.4, -0.2) is 63.5 Å². The Hall–Kier alpha value is -0.160. The molecular weight excluding hydrogens is 192 g/mol. The minimum absolute atomic E-state index is 0.352. The Morgan fingerprint density at radius 1 is 1.20 bits per heavy atom. The molecule has 15 heavy (non-hydrogen) atoms. The van der Waals surface area contributed by atoms with Gasteiger partial charge in [0.05, 0.1) is 18.8 Å². The lowest BCUT2D eigenvalue weighted by molar-refractivity contribution is -0.00000329. The molecule has 2 aliphatic heterocycles. The van der Waals surface area contributed by atoms with Crippen LogP contribution in [0.2, 0.25) is 0 Å². The maximum atomic E-state index is 5.67. The van der Waals surface area contributed by atoms with Gasteiger partial charge in [-0.25, -0.2) is 0 Å². The van der Waals surface area contributed by atoms with Crippen molar-refractivity contribution in [3.8, 4) is 0 Å². The zero-order valence-corrected chi connectivity index (χ0v) is 9.58. The Bertz CT molecular complexity index is 177. The van der Waals surface area contributed by atoms with Gasteiger partial charge in [-0.05, 0) is 19.9 Å². The molecule has 0 bridgehead atoms. The maximum Gasteiger partial charge on any atom is 0.0826 e. The molecule has 0 saturated carbocycles. The van der Waals surface area contributed by atoms with Gasteiger partial charge in [-0.15, -0.1) is 0 Å². The van der Waals surface area contributed by atoms with Crippen LogP contribution in [-0.2, 0) is 9.47 Å². The number of morpholine rings is 1. The summed E-state index contributed by atoms with van der Waals surface area (Å²) >= 11 is 0. The van der Waals surface area contributed by atoms with Crippen molar-refractivity contribution in [3.63, 3.8) is 0 Å². The van der Waals surface area contributed by atoms with E-state index in [0.717, 1.165) is 39.4 Å². The molecule has 0 amide bonds. The van der Waals surface area contributed by atoms with E-state index in [1.54, 1.807) is 0 Å². The minimum Gasteiger partial charge on any atom is -0.377 e. The minimum atomic E-state index is 0.352. The molecule has 2 unspecified atom stereocenters. The predicted octanol–water partition coefficient (Wildman–Crippen LogP) is 0.0856. The van der Waals surface area contributed by atoms with Gasteiger partial charge in [-0.1, -0.05) is 0 Å². The monoisotopic (exact) mass is 214 g/mol. The predicted molar refractivity (Wildman–Crippen MR) is 59.1 cm³/mol. The Morgan fingerprint density at radius 3 is 2.67 bits per heavy atom. The fraction of sp³-hybridized carbons (Fsp3) is 1.00. The Balaban J connectivity index is 1.64. The number of likely N-dealkylation sites (N-methyl/N-ethyl adjacent to an activating group) is 1. The molecule has 88 valence electrons. The highest BCUT2D eigenvalue weighted by atomic mass is 16.5. The smallest absolute Gasteiger partial charge is 0.0826 e. The van der Waals surface area contributed by atoms with Crippen LogP contribution in [0.4, 0.5) is 0 Å². The van der Waals surface area contributed by atoms with Gasteiger partial charge in [0, 0.05) is 32.8 Å². The van der Waals surface area contributed by atoms with Crippen LogP contribution in [0, 0.1) is 0 Å². The van der Waals surface area contributed by atoms with Crippen molar-refractivity contribution in [2.75, 3.05) is 46.4 Å². The van der Waals surface area contributed by atoms with E-state index in [9.17, 15) is 0 Å². The van der Waals surface area contributed by atoms with E-state index in [2.05, 4.69) is 17.3 Å². The summed E-state index contributed by atoms with van der Waals surface area (Å²) in [6.07, 6.45) is 3.24. The van der Waals surface area contributed by atoms with Gasteiger partial charge in [0.25, 0.3) is 0 Å². The molecule has 2 aliphatic rings. The number of rotatable bonds is 4. The molecule has 0 aromatic rings. The standard InChI is InChI=1S/C11H22N2O2/c1-13(8-10-3-2-5-14-10)9-11-7-12-4-6-15-11/h10-12H,2-9H2,1H3. The summed E-state index contributed by atoms with van der Waals surface area (Å²) in [7, 11) is 2.15. The van der Waals surface area contributed by atoms with E-state index in [4.69, 9.17) is 9.47 Å². The summed E-state index contributed by atoms with van der Waals surface area (Å²) in [5.41, 5.74) is 0. The van der Waals surface area contributed by atoms with Crippen molar-refractivity contribution in [1.29, 1.82) is 0 Å². The average Bonchev–Trinajstić information content (AvgIpc) is 2.71. The molecule has 2 heterocycles. The van der Waals surface area contributed by atoms with Gasteiger partial charge in [0.1, 0.15) is 0 Å². The molecule has 0 aromatic carbocycles. The van der Waals surface area contributed by atoms with Crippen LogP contribution in [0.1, 0.15) is 12.8 Å². The summed E-state index contributed by atoms with van der Waals surface area (Å²) in [5, 5.41) is 3.35. The SMILES string of the molecule is CN(CC1CCCO1)CC1CNCCO1. The van der Waals surface area contributed by atoms with E-state index in [1.165, 1.54) is 12.8 Å². The maximum absolute atomic E-state index is 5.67. The molecule has 1 N–H and O–H groups in total. The molecule has 4 heteroatoms. The summed E-state index contributed by atoms with van der Waals surface area (Å²) in [6, 6.07) is 0. The van der Waals surface area contributed by atoms with Crippen LogP contribution in [0.15, 0.2) is 0 Å². The molecule has 2 fully saturated rings. The first kappa shape index (κ1) is 11.3. The van der Waals surface area contributed by atoms with Crippen molar-refractivity contribution in [2.24, 2.45) is 0 Å². The van der Waals surface area contributed by atoms with E-state index in [1.807, 2.05) is 0 Å². The third kappa shape index (κ3) is 3.72. The number of nitrogens with one attached hydrogen (secondary N) is 1. The number of ether oxygens (including phenoxy) is 2. The first-order chi connectivity index (χ1) is 7.34. The summed E-state index contributed by atoms with van der Waals surface area (Å²) in [6.45, 7) is 5.81. The first-order valence-electron chi connectivity index (χ1n) is 5.97. The van der Waals surface area contributed by atoms with Crippen molar-refractivity contribution in [3.05, 3.63) is 0 Å². The van der Waals surface area contributed by atoms with Gasteiger partial charge in [-0.3, -0.25) is 0 Å². The highest BCUT2D eigenvalue weighted by molar-refractivity contribution is 4.74. The van der Waals surface area contributed by atoms with Crippen LogP contribution < -0.4 is 5.32 Å². The third-order valence-corrected chi connectivity index (χ3v) is 3.06. The third-order valence-electron chi connectivity index (χ3n) is 3.06. The van der Waals surface area contributed by atoms with Crippen LogP contribution in [0.5, 0.6) is 0 Å². The van der Waals surface area contributed by atoms with Gasteiger partial charge in [0.15, 0.2) is 0 Å². The lowest BCUT2D eigenvalue weighted by atomic mass is 10.2. The average molecular weight is 214 g/mol. The first-order valence-corrected chi connectivity index (χ1v) is 5.97. The Kier molecular flexibility index (Phi) is 4.38. The Morgan fingerprint density at radius 2 is 2.00 bits per heavy atom. The second-order valence-corrected chi connectivity index (χ2v) is 4.55. The molecular formula is C11H22N2O2. The normalized spacial score (nSPS) is 32.4. The molecule has 0 aromatic heterocycles. The molecule has 0 spiro atoms. The van der Waals surface area contributed by atoms with Crippen LogP contribution in [0.25, 0.3) is 0 Å². The molecule has 2 rings (SSSR count). The van der Waals surface area contributed by atoms with Crippen LogP contribution in [0.3, 0.4) is 0 Å². The van der Waals surface area contributed by atoms with Gasteiger partial charge < -0.3 is 19.7 Å². The van der Waals surface area contributed by atoms with Crippen molar-refractivity contribution in [1.82, 2.24) is 10.2 Å². The van der Waals surface area contributed by atoms with E-state index < -0.39 is 0 Å². The zero-order chi connectivity index (χ0) is 10.5. The Labute approximate surface area is 91.9 Å². The highest BCUT2D eigenvalue weighted by Gasteiger charge is 2.20. The fourth-order valence-corrected chi connectivity index (χ4v) is 2.30.